The Bertz CT molecular complexity index is 669. The lowest BCUT2D eigenvalue weighted by molar-refractivity contribution is 0.0690. The summed E-state index contributed by atoms with van der Waals surface area (Å²) in [5.41, 5.74) is 3.52. The Hall–Kier alpha value is -2.73. The van der Waals surface area contributed by atoms with Crippen LogP contribution in [0.4, 0.5) is 5.69 Å². The number of carbonyl (C=O) groups excluding carboxylic acids is 1. The summed E-state index contributed by atoms with van der Waals surface area (Å²) in [5, 5.41) is 0. The SMILES string of the molecule is C#COC(=O)c1cccc(N(C)C)c1Cc1ccccc1. The summed E-state index contributed by atoms with van der Waals surface area (Å²) in [6.45, 7) is 0. The van der Waals surface area contributed by atoms with Crippen LogP contribution in [0.15, 0.2) is 48.5 Å². The Kier molecular flexibility index (Phi) is 4.63. The summed E-state index contributed by atoms with van der Waals surface area (Å²) in [6, 6.07) is 15.5. The fraction of sp³-hybridized carbons (Fsp3) is 0.167. The van der Waals surface area contributed by atoms with E-state index in [1.165, 1.54) is 0 Å². The largest absolute Gasteiger partial charge is 0.377 e. The molecular formula is C18H17NO2. The molecule has 0 radical (unpaired) electrons. The van der Waals surface area contributed by atoms with Crippen molar-refractivity contribution in [3.05, 3.63) is 65.2 Å². The molecule has 0 heterocycles. The maximum Gasteiger partial charge on any atom is 0.352 e. The molecule has 0 spiro atoms. The average molecular weight is 279 g/mol. The second kappa shape index (κ2) is 6.62. The minimum Gasteiger partial charge on any atom is -0.377 e. The van der Waals surface area contributed by atoms with Crippen molar-refractivity contribution < 1.29 is 9.53 Å². The summed E-state index contributed by atoms with van der Waals surface area (Å²) < 4.78 is 4.71. The maximum absolute atomic E-state index is 12.0. The third kappa shape index (κ3) is 3.43. The van der Waals surface area contributed by atoms with Gasteiger partial charge in [-0.15, -0.1) is 0 Å². The van der Waals surface area contributed by atoms with Crippen LogP contribution in [-0.4, -0.2) is 20.1 Å². The minimum absolute atomic E-state index is 0.493. The first-order valence-corrected chi connectivity index (χ1v) is 6.63. The van der Waals surface area contributed by atoms with Gasteiger partial charge in [0.1, 0.15) is 6.11 Å². The highest BCUT2D eigenvalue weighted by atomic mass is 16.5. The summed E-state index contributed by atoms with van der Waals surface area (Å²) in [5.74, 6) is -0.493. The van der Waals surface area contributed by atoms with Crippen LogP contribution < -0.4 is 4.90 Å². The van der Waals surface area contributed by atoms with Gasteiger partial charge in [0.15, 0.2) is 0 Å². The van der Waals surface area contributed by atoms with E-state index in [1.807, 2.05) is 67.6 Å². The molecule has 2 rings (SSSR count). The van der Waals surface area contributed by atoms with Crippen molar-refractivity contribution >= 4 is 11.7 Å². The topological polar surface area (TPSA) is 29.5 Å². The lowest BCUT2D eigenvalue weighted by Gasteiger charge is -2.19. The number of nitrogens with zero attached hydrogens (tertiary/aromatic N) is 1. The zero-order valence-electron chi connectivity index (χ0n) is 12.2. The van der Waals surface area contributed by atoms with E-state index in [1.54, 1.807) is 6.07 Å². The Morgan fingerprint density at radius 3 is 2.48 bits per heavy atom. The van der Waals surface area contributed by atoms with Crippen LogP contribution in [0.2, 0.25) is 0 Å². The van der Waals surface area contributed by atoms with Crippen molar-refractivity contribution in [1.82, 2.24) is 0 Å². The molecule has 0 aliphatic heterocycles. The lowest BCUT2D eigenvalue weighted by Crippen LogP contribution is -2.15. The van der Waals surface area contributed by atoms with E-state index in [-0.39, 0.29) is 0 Å². The Morgan fingerprint density at radius 2 is 1.86 bits per heavy atom. The van der Waals surface area contributed by atoms with E-state index in [0.29, 0.717) is 12.0 Å². The molecule has 0 atom stereocenters. The maximum atomic E-state index is 12.0. The molecule has 2 aromatic rings. The van der Waals surface area contributed by atoms with Gasteiger partial charge in [0.2, 0.25) is 0 Å². The van der Waals surface area contributed by atoms with Crippen LogP contribution in [0.25, 0.3) is 0 Å². The van der Waals surface area contributed by atoms with E-state index in [4.69, 9.17) is 11.2 Å². The van der Waals surface area contributed by atoms with Crippen LogP contribution in [0.5, 0.6) is 0 Å². The number of esters is 1. The predicted octanol–water partition coefficient (Wildman–Crippen LogP) is 3.09. The number of terminal acetylenes is 1. The highest BCUT2D eigenvalue weighted by Crippen LogP contribution is 2.26. The van der Waals surface area contributed by atoms with E-state index >= 15 is 0 Å². The molecule has 0 fully saturated rings. The summed E-state index contributed by atoms with van der Waals surface area (Å²) in [7, 11) is 3.89. The summed E-state index contributed by atoms with van der Waals surface area (Å²) in [6.07, 6.45) is 7.65. The molecule has 0 saturated heterocycles. The van der Waals surface area contributed by atoms with Crippen molar-refractivity contribution in [2.24, 2.45) is 0 Å². The van der Waals surface area contributed by atoms with Crippen molar-refractivity contribution in [1.29, 1.82) is 0 Å². The first-order chi connectivity index (χ1) is 10.1. The van der Waals surface area contributed by atoms with Gasteiger partial charge in [-0.3, -0.25) is 0 Å². The number of anilines is 1. The van der Waals surface area contributed by atoms with Crippen LogP contribution in [0.1, 0.15) is 21.5 Å². The second-order valence-corrected chi connectivity index (χ2v) is 4.87. The molecule has 3 heteroatoms. The minimum atomic E-state index is -0.493. The molecule has 0 amide bonds. The Morgan fingerprint density at radius 1 is 1.14 bits per heavy atom. The van der Waals surface area contributed by atoms with Crippen molar-refractivity contribution in [2.75, 3.05) is 19.0 Å². The van der Waals surface area contributed by atoms with Gasteiger partial charge in [0.25, 0.3) is 0 Å². The fourth-order valence-electron chi connectivity index (χ4n) is 2.28. The smallest absolute Gasteiger partial charge is 0.352 e. The van der Waals surface area contributed by atoms with E-state index in [2.05, 4.69) is 0 Å². The number of benzene rings is 2. The van der Waals surface area contributed by atoms with Crippen molar-refractivity contribution in [3.8, 4) is 12.5 Å². The molecule has 0 aliphatic rings. The number of hydrogen-bond donors (Lipinski definition) is 0. The summed E-state index contributed by atoms with van der Waals surface area (Å²) >= 11 is 0. The van der Waals surface area contributed by atoms with Crippen molar-refractivity contribution in [2.45, 2.75) is 6.42 Å². The van der Waals surface area contributed by atoms with Crippen LogP contribution in [0.3, 0.4) is 0 Å². The second-order valence-electron chi connectivity index (χ2n) is 4.87. The lowest BCUT2D eigenvalue weighted by atomic mass is 9.97. The molecule has 0 aromatic heterocycles. The zero-order chi connectivity index (χ0) is 15.2. The monoisotopic (exact) mass is 279 g/mol. The number of rotatable bonds is 4. The first kappa shape index (κ1) is 14.7. The average Bonchev–Trinajstić information content (AvgIpc) is 2.48. The first-order valence-electron chi connectivity index (χ1n) is 6.63. The van der Waals surface area contributed by atoms with Gasteiger partial charge in [0, 0.05) is 26.2 Å². The van der Waals surface area contributed by atoms with Gasteiger partial charge in [-0.1, -0.05) is 42.8 Å². The van der Waals surface area contributed by atoms with Gasteiger partial charge in [-0.2, -0.15) is 0 Å². The van der Waals surface area contributed by atoms with Gasteiger partial charge in [-0.05, 0) is 23.3 Å². The summed E-state index contributed by atoms with van der Waals surface area (Å²) in [4.78, 5) is 14.0. The Balaban J connectivity index is 2.49. The number of ether oxygens (including phenoxy) is 1. The van der Waals surface area contributed by atoms with Crippen LogP contribution in [0, 0.1) is 12.5 Å². The van der Waals surface area contributed by atoms with Gasteiger partial charge < -0.3 is 9.64 Å². The van der Waals surface area contributed by atoms with E-state index < -0.39 is 5.97 Å². The third-order valence-corrected chi connectivity index (χ3v) is 3.23. The molecule has 0 saturated carbocycles. The molecule has 3 nitrogen and oxygen atoms in total. The molecule has 21 heavy (non-hydrogen) atoms. The third-order valence-electron chi connectivity index (χ3n) is 3.23. The number of carbonyl (C=O) groups is 1. The molecule has 0 bridgehead atoms. The van der Waals surface area contributed by atoms with E-state index in [9.17, 15) is 4.79 Å². The fourth-order valence-corrected chi connectivity index (χ4v) is 2.28. The zero-order valence-corrected chi connectivity index (χ0v) is 12.2. The standard InChI is InChI=1S/C18H17NO2/c1-4-21-18(20)15-11-8-12-17(19(2)3)16(15)13-14-9-6-5-7-10-14/h1,5-12H,13H2,2-3H3. The normalized spacial score (nSPS) is 9.76. The molecular weight excluding hydrogens is 262 g/mol. The molecule has 0 aliphatic carbocycles. The van der Waals surface area contributed by atoms with Crippen molar-refractivity contribution in [3.63, 3.8) is 0 Å². The Labute approximate surface area is 125 Å². The molecule has 0 N–H and O–H groups in total. The van der Waals surface area contributed by atoms with Gasteiger partial charge in [0.05, 0.1) is 5.56 Å². The van der Waals surface area contributed by atoms with Crippen LogP contribution in [-0.2, 0) is 11.2 Å². The van der Waals surface area contributed by atoms with Gasteiger partial charge >= 0.3 is 5.97 Å². The van der Waals surface area contributed by atoms with E-state index in [0.717, 1.165) is 16.8 Å². The van der Waals surface area contributed by atoms with Gasteiger partial charge in [-0.25, -0.2) is 4.79 Å². The van der Waals surface area contributed by atoms with Crippen LogP contribution >= 0.6 is 0 Å². The number of hydrogen-bond acceptors (Lipinski definition) is 3. The molecule has 2 aromatic carbocycles. The predicted molar refractivity (Wildman–Crippen MR) is 84.3 cm³/mol. The highest BCUT2D eigenvalue weighted by molar-refractivity contribution is 5.93. The molecule has 106 valence electrons. The quantitative estimate of drug-likeness (QED) is 0.636. The molecule has 0 unspecified atom stereocenters. The highest BCUT2D eigenvalue weighted by Gasteiger charge is 2.17.